The predicted molar refractivity (Wildman–Crippen MR) is 273 cm³/mol. The fourth-order valence-electron chi connectivity index (χ4n) is 8.60. The third-order valence-electron chi connectivity index (χ3n) is 12.7. The topological polar surface area (TPSA) is 198 Å². The van der Waals surface area contributed by atoms with Crippen LogP contribution < -0.4 is 20.4 Å². The molecular formula is C52H61F3N8O8S2. The second-order valence-electron chi connectivity index (χ2n) is 19.6. The molecule has 0 spiro atoms. The van der Waals surface area contributed by atoms with Gasteiger partial charge in [0.05, 0.1) is 64.9 Å². The van der Waals surface area contributed by atoms with Gasteiger partial charge in [-0.25, -0.2) is 4.98 Å². The number of benzene rings is 3. The molecule has 16 nitrogen and oxygen atoms in total. The van der Waals surface area contributed by atoms with Crippen LogP contribution in [0.3, 0.4) is 0 Å². The minimum atomic E-state index is -4.81. The maximum absolute atomic E-state index is 14.0. The fourth-order valence-corrected chi connectivity index (χ4v) is 9.93. The van der Waals surface area contributed by atoms with Gasteiger partial charge in [0.1, 0.15) is 24.2 Å². The first-order valence-corrected chi connectivity index (χ1v) is 25.0. The number of likely N-dealkylation sites (tertiary alicyclic amines) is 1. The molecule has 0 radical (unpaired) electrons. The van der Waals surface area contributed by atoms with Gasteiger partial charge in [-0.15, -0.1) is 11.3 Å². The van der Waals surface area contributed by atoms with Crippen molar-refractivity contribution in [2.45, 2.75) is 104 Å². The Labute approximate surface area is 432 Å². The highest BCUT2D eigenvalue weighted by Crippen LogP contribution is 2.40. The zero-order valence-electron chi connectivity index (χ0n) is 41.9. The molecule has 3 aromatic carbocycles. The summed E-state index contributed by atoms with van der Waals surface area (Å²) in [6, 6.07) is 17.6. The number of thiocarbonyl (C=S) groups is 1. The van der Waals surface area contributed by atoms with Crippen LogP contribution in [0.25, 0.3) is 10.4 Å². The molecule has 0 saturated carbocycles. The van der Waals surface area contributed by atoms with E-state index in [1.165, 1.54) is 11.0 Å². The highest BCUT2D eigenvalue weighted by atomic mass is 32.1. The van der Waals surface area contributed by atoms with Crippen LogP contribution in [0.1, 0.15) is 81.8 Å². The third kappa shape index (κ3) is 13.7. The first-order chi connectivity index (χ1) is 34.4. The number of aliphatic hydroxyl groups excluding tert-OH is 1. The number of aromatic nitrogens is 1. The van der Waals surface area contributed by atoms with E-state index in [0.29, 0.717) is 25.1 Å². The van der Waals surface area contributed by atoms with Crippen LogP contribution in [0.5, 0.6) is 0 Å². The Balaban J connectivity index is 0.881. The van der Waals surface area contributed by atoms with Gasteiger partial charge in [-0.3, -0.25) is 28.9 Å². The average Bonchev–Trinajstić information content (AvgIpc) is 4.01. The minimum Gasteiger partial charge on any atom is -0.391 e. The van der Waals surface area contributed by atoms with E-state index in [2.05, 4.69) is 15.6 Å². The number of aryl methyl sites for hydroxylation is 2. The number of nitrogens with one attached hydrogen (secondary N) is 2. The highest BCUT2D eigenvalue weighted by molar-refractivity contribution is 7.81. The lowest BCUT2D eigenvalue weighted by atomic mass is 9.85. The number of alkyl halides is 3. The summed E-state index contributed by atoms with van der Waals surface area (Å²) in [5.41, 5.74) is 2.30. The molecule has 2 aliphatic heterocycles. The summed E-state index contributed by atoms with van der Waals surface area (Å²) in [7, 11) is 1.67. The van der Waals surface area contributed by atoms with Gasteiger partial charge in [0.2, 0.25) is 23.6 Å². The van der Waals surface area contributed by atoms with Gasteiger partial charge in [0.15, 0.2) is 5.11 Å². The molecule has 2 fully saturated rings. The van der Waals surface area contributed by atoms with E-state index in [4.69, 9.17) is 21.7 Å². The van der Waals surface area contributed by atoms with Gasteiger partial charge in [-0.2, -0.15) is 18.4 Å². The van der Waals surface area contributed by atoms with Crippen LogP contribution in [-0.4, -0.2) is 125 Å². The van der Waals surface area contributed by atoms with Crippen LogP contribution in [-0.2, 0) is 52.6 Å². The first kappa shape index (κ1) is 56.0. The molecule has 3 atom stereocenters. The molecule has 0 bridgehead atoms. The molecule has 3 heterocycles. The number of thiazole rings is 1. The number of likely N-dealkylation sites (N-methyl/N-ethyl adjacent to an activating group) is 1. The molecule has 2 saturated heterocycles. The summed E-state index contributed by atoms with van der Waals surface area (Å²) in [6.45, 7) is 11.2. The summed E-state index contributed by atoms with van der Waals surface area (Å²) >= 11 is 7.19. The minimum absolute atomic E-state index is 0.00912. The van der Waals surface area contributed by atoms with Crippen LogP contribution in [0, 0.1) is 23.7 Å². The molecule has 3 N–H and O–H groups in total. The maximum atomic E-state index is 14.0. The molecule has 1 aromatic heterocycles. The number of amides is 5. The quantitative estimate of drug-likeness (QED) is 0.0639. The average molecular weight is 1050 g/mol. The van der Waals surface area contributed by atoms with E-state index in [9.17, 15) is 47.5 Å². The third-order valence-corrected chi connectivity index (χ3v) is 14.1. The summed E-state index contributed by atoms with van der Waals surface area (Å²) in [5, 5.41) is 25.4. The Bertz CT molecular complexity index is 2700. The van der Waals surface area contributed by atoms with Crippen molar-refractivity contribution in [3.8, 4) is 16.5 Å². The Morgan fingerprint density at radius 2 is 1.66 bits per heavy atom. The van der Waals surface area contributed by atoms with E-state index in [1.54, 1.807) is 86.5 Å². The Hall–Kier alpha value is -6.31. The molecule has 73 heavy (non-hydrogen) atoms. The Morgan fingerprint density at radius 1 is 1.00 bits per heavy atom. The van der Waals surface area contributed by atoms with E-state index < -0.39 is 70.1 Å². The predicted octanol–water partition coefficient (Wildman–Crippen LogP) is 6.55. The number of hydrogen-bond acceptors (Lipinski definition) is 12. The van der Waals surface area contributed by atoms with Crippen LogP contribution >= 0.6 is 23.6 Å². The normalized spacial score (nSPS) is 17.2. The van der Waals surface area contributed by atoms with Gasteiger partial charge in [0.25, 0.3) is 5.91 Å². The van der Waals surface area contributed by atoms with Gasteiger partial charge < -0.3 is 39.9 Å². The van der Waals surface area contributed by atoms with Crippen molar-refractivity contribution in [2.24, 2.45) is 5.41 Å². The highest BCUT2D eigenvalue weighted by Gasteiger charge is 2.51. The van der Waals surface area contributed by atoms with E-state index >= 15 is 0 Å². The van der Waals surface area contributed by atoms with Crippen LogP contribution in [0.15, 0.2) is 72.2 Å². The van der Waals surface area contributed by atoms with Gasteiger partial charge in [0, 0.05) is 45.2 Å². The van der Waals surface area contributed by atoms with Crippen molar-refractivity contribution in [3.05, 3.63) is 100 Å². The summed E-state index contributed by atoms with van der Waals surface area (Å²) < 4.78 is 52.4. The fraction of sp³-hybridized carbons (Fsp3) is 0.462. The second kappa shape index (κ2) is 23.7. The number of ether oxygens (including phenoxy) is 2. The van der Waals surface area contributed by atoms with Gasteiger partial charge in [-0.05, 0) is 98.3 Å². The zero-order valence-corrected chi connectivity index (χ0v) is 43.5. The number of β-amino-alcohol motifs (C(OH)–C–C–N with tert-alkyl or cyclic N) is 1. The van der Waals surface area contributed by atoms with Crippen LogP contribution in [0.2, 0.25) is 0 Å². The SMILES string of the molecule is Cc1ncsc1-c1ccc(CNC(=O)[C@@H]2C[C@@H](O)CN2C(=O)[C@@H](NC(=O)COCCOCCN(C)C(=O)CCCc2ccc(N3C(=S)N(c4ccc(C#N)c(C(F)(F)F)c4)C(=O)C3(C)C)cc2)C(C)(C)C)cc1. The van der Waals surface area contributed by atoms with E-state index in [-0.39, 0.29) is 69.1 Å². The lowest BCUT2D eigenvalue weighted by Crippen LogP contribution is -2.58. The molecule has 5 amide bonds. The molecule has 6 rings (SSSR count). The van der Waals surface area contributed by atoms with Crippen molar-refractivity contribution in [2.75, 3.05) is 56.4 Å². The maximum Gasteiger partial charge on any atom is 0.417 e. The van der Waals surface area contributed by atoms with Crippen LogP contribution in [0.4, 0.5) is 24.5 Å². The first-order valence-electron chi connectivity index (χ1n) is 23.8. The summed E-state index contributed by atoms with van der Waals surface area (Å²) in [4.78, 5) is 77.8. The lowest BCUT2D eigenvalue weighted by molar-refractivity contribution is -0.144. The van der Waals surface area contributed by atoms with Crippen molar-refractivity contribution in [1.82, 2.24) is 25.4 Å². The number of aliphatic hydroxyl groups is 1. The van der Waals surface area contributed by atoms with Crippen molar-refractivity contribution in [1.29, 1.82) is 5.26 Å². The standard InChI is InChI=1S/C52H61F3N8O8S2/c1-32-44(73-31-58-32)35-15-11-34(12-16-35)28-57-46(67)41-26-39(64)29-61(41)47(68)45(50(2,3)4)59-42(65)30-71-24-23-70-22-21-60(7)43(66)10-8-9-33-13-18-37(19-14-33)63-49(72)62(48(69)51(63,5)6)38-20-17-36(27-56)40(25-38)52(53,54)55/h11-20,25,31,39,41,45,64H,8-10,21-24,26,28-30H2,1-7H3,(H,57,67)(H,59,65)/t39-,41+,45-/m1/s1. The summed E-state index contributed by atoms with van der Waals surface area (Å²) in [6.07, 6.45) is -4.28. The second-order valence-corrected chi connectivity index (χ2v) is 20.8. The number of rotatable bonds is 20. The van der Waals surface area contributed by atoms with Crippen molar-refractivity contribution >= 4 is 69.6 Å². The van der Waals surface area contributed by atoms with Crippen molar-refractivity contribution < 1.29 is 51.7 Å². The van der Waals surface area contributed by atoms with Gasteiger partial charge >= 0.3 is 6.18 Å². The molecule has 21 heteroatoms. The number of carbonyl (C=O) groups excluding carboxylic acids is 5. The number of nitrogens with zero attached hydrogens (tertiary/aromatic N) is 6. The molecule has 390 valence electrons. The molecule has 0 unspecified atom stereocenters. The number of carbonyl (C=O) groups is 5. The van der Waals surface area contributed by atoms with E-state index in [0.717, 1.165) is 44.3 Å². The van der Waals surface area contributed by atoms with E-state index in [1.807, 2.05) is 43.3 Å². The molecule has 0 aliphatic carbocycles. The zero-order chi connectivity index (χ0) is 53.4. The molecular weight excluding hydrogens is 986 g/mol. The number of anilines is 2. The molecule has 2 aliphatic rings. The number of halogens is 3. The largest absolute Gasteiger partial charge is 0.417 e. The van der Waals surface area contributed by atoms with Gasteiger partial charge in [-0.1, -0.05) is 57.2 Å². The number of hydrogen-bond donors (Lipinski definition) is 3. The Morgan fingerprint density at radius 3 is 2.29 bits per heavy atom. The Kier molecular flexibility index (Phi) is 18.2. The summed E-state index contributed by atoms with van der Waals surface area (Å²) in [5.74, 6) is -2.04. The molecule has 4 aromatic rings. The smallest absolute Gasteiger partial charge is 0.391 e. The lowest BCUT2D eigenvalue weighted by Gasteiger charge is -2.35. The number of nitriles is 1. The monoisotopic (exact) mass is 1050 g/mol. The van der Waals surface area contributed by atoms with Crippen molar-refractivity contribution in [3.63, 3.8) is 0 Å².